The molecule has 0 aromatic carbocycles. The normalized spacial score (nSPS) is 37.6. The Morgan fingerprint density at radius 1 is 1.20 bits per heavy atom. The average molecular weight is 297 g/mol. The third kappa shape index (κ3) is 3.08. The van der Waals surface area contributed by atoms with Crippen LogP contribution in [-0.4, -0.2) is 36.1 Å². The highest BCUT2D eigenvalue weighted by molar-refractivity contribution is 6.25. The van der Waals surface area contributed by atoms with E-state index in [0.717, 1.165) is 24.9 Å². The Morgan fingerprint density at radius 2 is 1.95 bits per heavy atom. The molecule has 3 fully saturated rings. The molecule has 2 aliphatic carbocycles. The summed E-state index contributed by atoms with van der Waals surface area (Å²) in [6.45, 7) is 5.84. The van der Waals surface area contributed by atoms with Crippen molar-refractivity contribution in [3.05, 3.63) is 11.6 Å². The zero-order valence-electron chi connectivity index (χ0n) is 12.8. The second-order valence-electron chi connectivity index (χ2n) is 7.28. The Hall–Kier alpha value is -0.0500. The van der Waals surface area contributed by atoms with Crippen LogP contribution >= 0.6 is 11.6 Å². The Balaban J connectivity index is 1.66. The number of halogens is 1. The first-order chi connectivity index (χ1) is 9.74. The van der Waals surface area contributed by atoms with Crippen molar-refractivity contribution in [3.8, 4) is 0 Å². The monoisotopic (exact) mass is 296 g/mol. The van der Waals surface area contributed by atoms with Crippen molar-refractivity contribution in [1.29, 1.82) is 0 Å². The van der Waals surface area contributed by atoms with E-state index in [4.69, 9.17) is 11.6 Å². The molecule has 1 heterocycles. The van der Waals surface area contributed by atoms with Gasteiger partial charge in [0.15, 0.2) is 0 Å². The number of piperazine rings is 1. The zero-order valence-corrected chi connectivity index (χ0v) is 13.5. The molecule has 0 radical (unpaired) electrons. The fourth-order valence-electron chi connectivity index (χ4n) is 4.37. The van der Waals surface area contributed by atoms with Gasteiger partial charge in [-0.15, -0.1) is 0 Å². The summed E-state index contributed by atoms with van der Waals surface area (Å²) >= 11 is 5.77. The van der Waals surface area contributed by atoms with Gasteiger partial charge in [0, 0.05) is 36.8 Å². The van der Waals surface area contributed by atoms with E-state index in [1.54, 1.807) is 5.54 Å². The van der Waals surface area contributed by atoms with Gasteiger partial charge in [-0.3, -0.25) is 4.90 Å². The molecule has 0 aromatic heterocycles. The van der Waals surface area contributed by atoms with Gasteiger partial charge in [0.2, 0.25) is 0 Å². The van der Waals surface area contributed by atoms with Gasteiger partial charge in [0.05, 0.1) is 0 Å². The molecule has 2 unspecified atom stereocenters. The minimum atomic E-state index is 0.349. The second kappa shape index (κ2) is 6.37. The summed E-state index contributed by atoms with van der Waals surface area (Å²) in [7, 11) is 0. The highest BCUT2D eigenvalue weighted by Gasteiger charge is 2.48. The molecule has 0 aromatic rings. The van der Waals surface area contributed by atoms with Crippen molar-refractivity contribution in [3.63, 3.8) is 0 Å². The maximum Gasteiger partial charge on any atom is 0.0337 e. The lowest BCUT2D eigenvalue weighted by Gasteiger charge is -2.50. The molecule has 3 rings (SSSR count). The summed E-state index contributed by atoms with van der Waals surface area (Å²) in [5.74, 6) is 1.79. The molecular formula is C17H29ClN2. The van der Waals surface area contributed by atoms with Crippen molar-refractivity contribution in [2.45, 2.75) is 63.5 Å². The number of hydrogen-bond acceptors (Lipinski definition) is 2. The van der Waals surface area contributed by atoms with Crippen LogP contribution in [0.3, 0.4) is 0 Å². The third-order valence-electron chi connectivity index (χ3n) is 5.95. The van der Waals surface area contributed by atoms with Crippen molar-refractivity contribution >= 4 is 11.6 Å². The van der Waals surface area contributed by atoms with E-state index in [1.807, 2.05) is 0 Å². The summed E-state index contributed by atoms with van der Waals surface area (Å²) in [4.78, 5) is 2.71. The molecule has 1 aliphatic heterocycles. The van der Waals surface area contributed by atoms with E-state index in [0.29, 0.717) is 11.6 Å². The number of rotatable bonds is 4. The lowest BCUT2D eigenvalue weighted by Crippen LogP contribution is -2.65. The molecule has 3 heteroatoms. The Bertz CT molecular complexity index is 347. The van der Waals surface area contributed by atoms with E-state index >= 15 is 0 Å². The first kappa shape index (κ1) is 14.9. The summed E-state index contributed by atoms with van der Waals surface area (Å²) in [5, 5.41) is 3.91. The van der Waals surface area contributed by atoms with Crippen molar-refractivity contribution in [2.75, 3.05) is 19.6 Å². The van der Waals surface area contributed by atoms with Gasteiger partial charge in [-0.05, 0) is 44.4 Å². The van der Waals surface area contributed by atoms with Crippen molar-refractivity contribution in [1.82, 2.24) is 10.2 Å². The first-order valence-corrected chi connectivity index (χ1v) is 8.91. The molecular weight excluding hydrogens is 268 g/mol. The van der Waals surface area contributed by atoms with Gasteiger partial charge in [-0.25, -0.2) is 0 Å². The van der Waals surface area contributed by atoms with E-state index < -0.39 is 0 Å². The van der Waals surface area contributed by atoms with Crippen LogP contribution < -0.4 is 5.32 Å². The minimum absolute atomic E-state index is 0.349. The zero-order chi connectivity index (χ0) is 14.0. The van der Waals surface area contributed by atoms with Crippen molar-refractivity contribution < 1.29 is 0 Å². The summed E-state index contributed by atoms with van der Waals surface area (Å²) in [5.41, 5.74) is 2.03. The Labute approximate surface area is 128 Å². The molecule has 2 atom stereocenters. The fourth-order valence-corrected chi connectivity index (χ4v) is 4.45. The van der Waals surface area contributed by atoms with E-state index in [1.165, 1.54) is 51.5 Å². The Kier molecular flexibility index (Phi) is 4.74. The van der Waals surface area contributed by atoms with Gasteiger partial charge < -0.3 is 5.32 Å². The molecule has 0 spiro atoms. The molecule has 1 N–H and O–H groups in total. The van der Waals surface area contributed by atoms with Gasteiger partial charge in [0.1, 0.15) is 0 Å². The molecule has 1 saturated heterocycles. The van der Waals surface area contributed by atoms with Crippen LogP contribution in [0.1, 0.15) is 51.9 Å². The quantitative estimate of drug-likeness (QED) is 0.850. The summed E-state index contributed by atoms with van der Waals surface area (Å²) < 4.78 is 0. The molecule has 2 saturated carbocycles. The summed E-state index contributed by atoms with van der Waals surface area (Å²) in [6, 6.07) is 0.700. The molecule has 114 valence electrons. The lowest BCUT2D eigenvalue weighted by molar-refractivity contribution is 0.0270. The smallest absolute Gasteiger partial charge is 0.0337 e. The third-order valence-corrected chi connectivity index (χ3v) is 6.13. The van der Waals surface area contributed by atoms with Crippen molar-refractivity contribution in [2.24, 2.45) is 11.8 Å². The molecule has 0 amide bonds. The first-order valence-electron chi connectivity index (χ1n) is 8.47. The van der Waals surface area contributed by atoms with Crippen LogP contribution in [0.15, 0.2) is 11.6 Å². The van der Waals surface area contributed by atoms with Gasteiger partial charge in [-0.2, -0.15) is 0 Å². The lowest BCUT2D eigenvalue weighted by atomic mass is 9.80. The van der Waals surface area contributed by atoms with Crippen LogP contribution in [0.5, 0.6) is 0 Å². The SMILES string of the molecule is CC1(C2CC2)CNC(C2CCCCC2)CN1C/C=C/Cl. The number of nitrogens with one attached hydrogen (secondary N) is 1. The highest BCUT2D eigenvalue weighted by atomic mass is 35.5. The largest absolute Gasteiger partial charge is 0.311 e. The molecule has 2 nitrogen and oxygen atoms in total. The minimum Gasteiger partial charge on any atom is -0.311 e. The predicted molar refractivity (Wildman–Crippen MR) is 86.1 cm³/mol. The van der Waals surface area contributed by atoms with Crippen LogP contribution in [0, 0.1) is 11.8 Å². The van der Waals surface area contributed by atoms with E-state index in [2.05, 4.69) is 23.2 Å². The van der Waals surface area contributed by atoms with Crippen LogP contribution in [0.25, 0.3) is 0 Å². The highest BCUT2D eigenvalue weighted by Crippen LogP contribution is 2.44. The van der Waals surface area contributed by atoms with E-state index in [9.17, 15) is 0 Å². The standard InChI is InChI=1S/C17H29ClN2/c1-17(15-8-9-15)13-19-16(12-20(17)11-5-10-18)14-6-3-2-4-7-14/h5,10,14-16,19H,2-4,6-9,11-13H2,1H3/b10-5+. The van der Waals surface area contributed by atoms with Crippen LogP contribution in [0.2, 0.25) is 0 Å². The molecule has 3 aliphatic rings. The Morgan fingerprint density at radius 3 is 2.60 bits per heavy atom. The summed E-state index contributed by atoms with van der Waals surface area (Å²) in [6.07, 6.45) is 12.1. The second-order valence-corrected chi connectivity index (χ2v) is 7.54. The fraction of sp³-hybridized carbons (Fsp3) is 0.882. The number of nitrogens with zero attached hydrogens (tertiary/aromatic N) is 1. The maximum atomic E-state index is 5.77. The van der Waals surface area contributed by atoms with Gasteiger partial charge in [-0.1, -0.05) is 36.9 Å². The topological polar surface area (TPSA) is 15.3 Å². The number of hydrogen-bond donors (Lipinski definition) is 1. The van der Waals surface area contributed by atoms with E-state index in [-0.39, 0.29) is 0 Å². The molecule has 20 heavy (non-hydrogen) atoms. The average Bonchev–Trinajstić information content (AvgIpc) is 3.32. The van der Waals surface area contributed by atoms with Gasteiger partial charge in [0.25, 0.3) is 0 Å². The predicted octanol–water partition coefficient (Wildman–Crippen LogP) is 3.76. The maximum absolute atomic E-state index is 5.77. The molecule has 0 bridgehead atoms. The van der Waals surface area contributed by atoms with Crippen LogP contribution in [-0.2, 0) is 0 Å². The van der Waals surface area contributed by atoms with Gasteiger partial charge >= 0.3 is 0 Å². The van der Waals surface area contributed by atoms with Crippen LogP contribution in [0.4, 0.5) is 0 Å².